The van der Waals surface area contributed by atoms with E-state index in [1.165, 1.54) is 12.1 Å². The van der Waals surface area contributed by atoms with Crippen LogP contribution in [0, 0.1) is 5.82 Å². The first kappa shape index (κ1) is 10.6. The molecule has 88 valence electrons. The van der Waals surface area contributed by atoms with Gasteiger partial charge >= 0.3 is 0 Å². The van der Waals surface area contributed by atoms with Gasteiger partial charge in [-0.25, -0.2) is 9.37 Å². The quantitative estimate of drug-likeness (QED) is 0.647. The Labute approximate surface area is 102 Å². The predicted molar refractivity (Wildman–Crippen MR) is 64.2 cm³/mol. The monoisotopic (exact) mass is 241 g/mol. The van der Waals surface area contributed by atoms with E-state index < -0.39 is 0 Å². The number of hydrogen-bond acceptors (Lipinski definition) is 3. The van der Waals surface area contributed by atoms with Crippen molar-refractivity contribution in [1.82, 2.24) is 14.5 Å². The highest BCUT2D eigenvalue weighted by molar-refractivity contribution is 5.84. The molecule has 3 aromatic rings. The summed E-state index contributed by atoms with van der Waals surface area (Å²) in [6.07, 6.45) is 3.90. The molecule has 2 heterocycles. The van der Waals surface area contributed by atoms with Crippen LogP contribution in [0.25, 0.3) is 16.7 Å². The maximum absolute atomic E-state index is 12.9. The molecule has 0 atom stereocenters. The third kappa shape index (κ3) is 1.57. The van der Waals surface area contributed by atoms with Crippen molar-refractivity contribution < 1.29 is 9.18 Å². The molecule has 0 unspecified atom stereocenters. The Kier molecular flexibility index (Phi) is 2.37. The van der Waals surface area contributed by atoms with Gasteiger partial charge in [0.15, 0.2) is 12.1 Å². The highest BCUT2D eigenvalue weighted by atomic mass is 19.1. The predicted octanol–water partition coefficient (Wildman–Crippen LogP) is 2.37. The summed E-state index contributed by atoms with van der Waals surface area (Å²) in [6, 6.07) is 7.59. The second kappa shape index (κ2) is 4.03. The summed E-state index contributed by atoms with van der Waals surface area (Å²) in [5.74, 6) is -0.0569. The van der Waals surface area contributed by atoms with Crippen LogP contribution in [0.2, 0.25) is 0 Å². The minimum absolute atomic E-state index is 0.268. The molecular formula is C13H8FN3O. The molecule has 1 aromatic carbocycles. The molecule has 4 nitrogen and oxygen atoms in total. The molecular weight excluding hydrogens is 233 g/mol. The van der Waals surface area contributed by atoms with Crippen molar-refractivity contribution in [2.45, 2.75) is 0 Å². The van der Waals surface area contributed by atoms with E-state index in [1.807, 2.05) is 0 Å². The van der Waals surface area contributed by atoms with Crippen LogP contribution in [0.15, 0.2) is 42.7 Å². The van der Waals surface area contributed by atoms with Crippen molar-refractivity contribution in [3.05, 3.63) is 54.4 Å². The molecule has 0 aliphatic rings. The molecule has 2 aromatic heterocycles. The van der Waals surface area contributed by atoms with Crippen LogP contribution in [0.5, 0.6) is 0 Å². The van der Waals surface area contributed by atoms with Crippen LogP contribution < -0.4 is 0 Å². The summed E-state index contributed by atoms with van der Waals surface area (Å²) in [6.45, 7) is 0. The van der Waals surface area contributed by atoms with E-state index >= 15 is 0 Å². The fraction of sp³-hybridized carbons (Fsp3) is 0. The van der Waals surface area contributed by atoms with Crippen LogP contribution in [0.3, 0.4) is 0 Å². The first-order chi connectivity index (χ1) is 8.79. The van der Waals surface area contributed by atoms with Gasteiger partial charge in [0, 0.05) is 11.9 Å². The molecule has 0 aliphatic heterocycles. The Morgan fingerprint density at radius 1 is 1.17 bits per heavy atom. The second-order valence-electron chi connectivity index (χ2n) is 3.76. The zero-order valence-electron chi connectivity index (χ0n) is 9.25. The van der Waals surface area contributed by atoms with E-state index in [1.54, 1.807) is 35.2 Å². The molecule has 0 fully saturated rings. The zero-order valence-corrected chi connectivity index (χ0v) is 9.25. The van der Waals surface area contributed by atoms with E-state index in [0.717, 1.165) is 0 Å². The number of fused-ring (bicyclic) bond motifs is 1. The van der Waals surface area contributed by atoms with Gasteiger partial charge in [-0.05, 0) is 30.3 Å². The summed E-state index contributed by atoms with van der Waals surface area (Å²) in [4.78, 5) is 19.3. The van der Waals surface area contributed by atoms with Crippen molar-refractivity contribution in [1.29, 1.82) is 0 Å². The minimum Gasteiger partial charge on any atom is -0.294 e. The molecule has 18 heavy (non-hydrogen) atoms. The average molecular weight is 241 g/mol. The largest absolute Gasteiger partial charge is 0.294 e. The SMILES string of the molecule is O=Cc1nc2ccncc2n1-c1ccc(F)cc1. The highest BCUT2D eigenvalue weighted by Crippen LogP contribution is 2.19. The van der Waals surface area contributed by atoms with Gasteiger partial charge in [0.25, 0.3) is 0 Å². The van der Waals surface area contributed by atoms with Crippen molar-refractivity contribution in [2.75, 3.05) is 0 Å². The Morgan fingerprint density at radius 2 is 1.94 bits per heavy atom. The van der Waals surface area contributed by atoms with E-state index in [0.29, 0.717) is 23.0 Å². The summed E-state index contributed by atoms with van der Waals surface area (Å²) in [5.41, 5.74) is 2.07. The topological polar surface area (TPSA) is 47.8 Å². The second-order valence-corrected chi connectivity index (χ2v) is 3.76. The fourth-order valence-corrected chi connectivity index (χ4v) is 1.88. The number of nitrogens with zero attached hydrogens (tertiary/aromatic N) is 3. The molecule has 3 rings (SSSR count). The van der Waals surface area contributed by atoms with Crippen LogP contribution in [0.1, 0.15) is 10.6 Å². The molecule has 0 N–H and O–H groups in total. The molecule has 0 amide bonds. The van der Waals surface area contributed by atoms with Gasteiger partial charge in [-0.3, -0.25) is 14.3 Å². The lowest BCUT2D eigenvalue weighted by molar-refractivity contribution is 0.111. The lowest BCUT2D eigenvalue weighted by Crippen LogP contribution is -2.00. The third-order valence-corrected chi connectivity index (χ3v) is 2.67. The van der Waals surface area contributed by atoms with Crippen LogP contribution >= 0.6 is 0 Å². The minimum atomic E-state index is -0.325. The molecule has 0 aliphatic carbocycles. The molecule has 0 saturated carbocycles. The molecule has 0 bridgehead atoms. The number of aromatic nitrogens is 3. The maximum atomic E-state index is 12.9. The van der Waals surface area contributed by atoms with Gasteiger partial charge < -0.3 is 0 Å². The Hall–Kier alpha value is -2.56. The van der Waals surface area contributed by atoms with Gasteiger partial charge in [-0.15, -0.1) is 0 Å². The Balaban J connectivity index is 2.32. The van der Waals surface area contributed by atoms with E-state index in [-0.39, 0.29) is 11.6 Å². The number of rotatable bonds is 2. The summed E-state index contributed by atoms with van der Waals surface area (Å²) >= 11 is 0. The van der Waals surface area contributed by atoms with Gasteiger partial charge in [-0.1, -0.05) is 0 Å². The standard InChI is InChI=1S/C13H8FN3O/c14-9-1-3-10(4-2-9)17-12-7-15-6-5-11(12)16-13(17)8-18/h1-8H. The maximum Gasteiger partial charge on any atom is 0.185 e. The van der Waals surface area contributed by atoms with Crippen molar-refractivity contribution in [3.8, 4) is 5.69 Å². The summed E-state index contributed by atoms with van der Waals surface area (Å²) < 4.78 is 14.6. The Morgan fingerprint density at radius 3 is 2.67 bits per heavy atom. The number of hydrogen-bond donors (Lipinski definition) is 0. The zero-order chi connectivity index (χ0) is 12.5. The molecule has 5 heteroatoms. The first-order valence-electron chi connectivity index (χ1n) is 5.33. The van der Waals surface area contributed by atoms with Gasteiger partial charge in [0.05, 0.1) is 17.2 Å². The van der Waals surface area contributed by atoms with Gasteiger partial charge in [0.1, 0.15) is 5.82 Å². The third-order valence-electron chi connectivity index (χ3n) is 2.67. The van der Waals surface area contributed by atoms with E-state index in [4.69, 9.17) is 0 Å². The van der Waals surface area contributed by atoms with E-state index in [9.17, 15) is 9.18 Å². The van der Waals surface area contributed by atoms with Gasteiger partial charge in [0.2, 0.25) is 0 Å². The normalized spacial score (nSPS) is 10.7. The van der Waals surface area contributed by atoms with Crippen molar-refractivity contribution >= 4 is 17.3 Å². The molecule has 0 spiro atoms. The number of carbonyl (C=O) groups is 1. The van der Waals surface area contributed by atoms with Crippen LogP contribution in [0.4, 0.5) is 4.39 Å². The highest BCUT2D eigenvalue weighted by Gasteiger charge is 2.11. The van der Waals surface area contributed by atoms with E-state index in [2.05, 4.69) is 9.97 Å². The molecule has 0 saturated heterocycles. The number of halogens is 1. The van der Waals surface area contributed by atoms with Crippen molar-refractivity contribution in [3.63, 3.8) is 0 Å². The number of aldehydes is 1. The van der Waals surface area contributed by atoms with Crippen molar-refractivity contribution in [2.24, 2.45) is 0 Å². The van der Waals surface area contributed by atoms with Crippen LogP contribution in [-0.4, -0.2) is 20.8 Å². The van der Waals surface area contributed by atoms with Gasteiger partial charge in [-0.2, -0.15) is 0 Å². The summed E-state index contributed by atoms with van der Waals surface area (Å²) in [7, 11) is 0. The lowest BCUT2D eigenvalue weighted by Gasteiger charge is -2.05. The van der Waals surface area contributed by atoms with Crippen LogP contribution in [-0.2, 0) is 0 Å². The average Bonchev–Trinajstić information content (AvgIpc) is 2.78. The first-order valence-corrected chi connectivity index (χ1v) is 5.33. The fourth-order valence-electron chi connectivity index (χ4n) is 1.88. The number of imidazole rings is 1. The Bertz CT molecular complexity index is 719. The number of carbonyl (C=O) groups excluding carboxylic acids is 1. The molecule has 0 radical (unpaired) electrons. The number of benzene rings is 1. The smallest absolute Gasteiger partial charge is 0.185 e. The number of pyridine rings is 1. The summed E-state index contributed by atoms with van der Waals surface area (Å²) in [5, 5.41) is 0. The lowest BCUT2D eigenvalue weighted by atomic mass is 10.3.